The van der Waals surface area contributed by atoms with E-state index in [0.717, 1.165) is 60.9 Å². The number of ether oxygens (including phenoxy) is 1. The number of carbonyl (C=O) groups is 1. The Morgan fingerprint density at radius 3 is 2.71 bits per heavy atom. The summed E-state index contributed by atoms with van der Waals surface area (Å²) in [6.07, 6.45) is 3.24. The van der Waals surface area contributed by atoms with Gasteiger partial charge in [0.2, 0.25) is 5.91 Å². The number of rotatable bonds is 3. The minimum atomic E-state index is 0.0888. The van der Waals surface area contributed by atoms with Crippen LogP contribution in [0.25, 0.3) is 16.9 Å². The van der Waals surface area contributed by atoms with Gasteiger partial charge in [0.1, 0.15) is 5.65 Å². The molecule has 2 aliphatic rings. The summed E-state index contributed by atoms with van der Waals surface area (Å²) in [5.74, 6) is 0.0888. The first-order chi connectivity index (χ1) is 14.9. The highest BCUT2D eigenvalue weighted by molar-refractivity contribution is 5.94. The number of imidazole rings is 1. The molecule has 0 saturated carbocycles. The lowest BCUT2D eigenvalue weighted by Crippen LogP contribution is -2.45. The Kier molecular flexibility index (Phi) is 4.95. The number of nitrogens with zero attached hydrogens (tertiary/aromatic N) is 4. The number of hydrogen-bond acceptors (Lipinski definition) is 5. The number of nitrogen functional groups attached to an aromatic ring is 1. The van der Waals surface area contributed by atoms with Crippen molar-refractivity contribution >= 4 is 22.9 Å². The molecular weight excluding hydrogens is 390 g/mol. The maximum absolute atomic E-state index is 11.9. The van der Waals surface area contributed by atoms with Crippen LogP contribution >= 0.6 is 0 Å². The molecule has 0 aliphatic carbocycles. The molecule has 4 heterocycles. The molecule has 1 fully saturated rings. The van der Waals surface area contributed by atoms with Gasteiger partial charge in [-0.25, -0.2) is 4.98 Å². The summed E-state index contributed by atoms with van der Waals surface area (Å²) in [7, 11) is 0. The van der Waals surface area contributed by atoms with Gasteiger partial charge in [-0.15, -0.1) is 0 Å². The van der Waals surface area contributed by atoms with Crippen LogP contribution in [0.4, 0.5) is 11.4 Å². The molecule has 5 rings (SSSR count). The maximum atomic E-state index is 11.9. The summed E-state index contributed by atoms with van der Waals surface area (Å²) in [6, 6.07) is 10.2. The average Bonchev–Trinajstić information content (AvgIpc) is 3.28. The van der Waals surface area contributed by atoms with E-state index in [1.807, 2.05) is 23.2 Å². The summed E-state index contributed by atoms with van der Waals surface area (Å²) in [4.78, 5) is 21.2. The van der Waals surface area contributed by atoms with Crippen LogP contribution in [0.5, 0.6) is 0 Å². The molecule has 0 bridgehead atoms. The Hall–Kier alpha value is -2.90. The zero-order valence-electron chi connectivity index (χ0n) is 18.3. The molecule has 2 aliphatic heterocycles. The van der Waals surface area contributed by atoms with Crippen molar-refractivity contribution in [2.24, 2.45) is 0 Å². The molecule has 7 nitrogen and oxygen atoms in total. The number of morpholine rings is 1. The highest BCUT2D eigenvalue weighted by Crippen LogP contribution is 2.34. The van der Waals surface area contributed by atoms with Gasteiger partial charge in [0, 0.05) is 56.2 Å². The third kappa shape index (κ3) is 3.68. The van der Waals surface area contributed by atoms with Gasteiger partial charge in [-0.05, 0) is 50.1 Å². The summed E-state index contributed by atoms with van der Waals surface area (Å²) in [5.41, 5.74) is 13.1. The minimum absolute atomic E-state index is 0.0888. The molecule has 2 unspecified atom stereocenters. The van der Waals surface area contributed by atoms with Gasteiger partial charge in [0.25, 0.3) is 0 Å². The van der Waals surface area contributed by atoms with Crippen molar-refractivity contribution in [3.63, 3.8) is 0 Å². The van der Waals surface area contributed by atoms with Crippen molar-refractivity contribution < 1.29 is 9.53 Å². The lowest BCUT2D eigenvalue weighted by Gasteiger charge is -2.35. The first-order valence-electron chi connectivity index (χ1n) is 10.9. The van der Waals surface area contributed by atoms with Crippen LogP contribution < -0.4 is 10.6 Å². The topological polar surface area (TPSA) is 76.1 Å². The molecule has 7 heteroatoms. The van der Waals surface area contributed by atoms with E-state index in [0.29, 0.717) is 5.69 Å². The standard InChI is InChI=1S/C24H29N5O2/c1-15-11-27(12-16(2)31-15)14-22-24(26-23-7-5-20(25)13-29(22)23)19-4-6-21-18(10-19)8-9-28(21)17(3)30/h4-7,10,13,15-16H,8-9,11-12,14,25H2,1-3H3. The number of pyridine rings is 1. The number of benzene rings is 1. The van der Waals surface area contributed by atoms with Crippen LogP contribution in [0.3, 0.4) is 0 Å². The van der Waals surface area contributed by atoms with E-state index >= 15 is 0 Å². The van der Waals surface area contributed by atoms with Crippen molar-refractivity contribution in [2.45, 2.75) is 45.9 Å². The summed E-state index contributed by atoms with van der Waals surface area (Å²) in [6.45, 7) is 9.15. The SMILES string of the molecule is CC(=O)N1CCc2cc(-c3nc4ccc(N)cn4c3CN3CC(C)OC(C)C3)ccc21. The number of anilines is 2. The van der Waals surface area contributed by atoms with Gasteiger partial charge < -0.3 is 19.8 Å². The number of nitrogens with two attached hydrogens (primary N) is 1. The molecule has 162 valence electrons. The summed E-state index contributed by atoms with van der Waals surface area (Å²) in [5, 5.41) is 0. The van der Waals surface area contributed by atoms with E-state index in [4.69, 9.17) is 15.5 Å². The van der Waals surface area contributed by atoms with Crippen LogP contribution in [-0.4, -0.2) is 52.0 Å². The molecule has 3 aromatic rings. The van der Waals surface area contributed by atoms with E-state index in [9.17, 15) is 4.79 Å². The smallest absolute Gasteiger partial charge is 0.223 e. The van der Waals surface area contributed by atoms with Gasteiger partial charge in [-0.3, -0.25) is 9.69 Å². The quantitative estimate of drug-likeness (QED) is 0.706. The number of carbonyl (C=O) groups excluding carboxylic acids is 1. The second-order valence-electron chi connectivity index (χ2n) is 8.81. The number of hydrogen-bond donors (Lipinski definition) is 1. The normalized spacial score (nSPS) is 21.6. The third-order valence-corrected chi connectivity index (χ3v) is 6.24. The van der Waals surface area contributed by atoms with E-state index < -0.39 is 0 Å². The lowest BCUT2D eigenvalue weighted by atomic mass is 10.0. The Labute approximate surface area is 182 Å². The van der Waals surface area contributed by atoms with Crippen LogP contribution in [0, 0.1) is 0 Å². The zero-order valence-corrected chi connectivity index (χ0v) is 18.3. The predicted octanol–water partition coefficient (Wildman–Crippen LogP) is 3.10. The van der Waals surface area contributed by atoms with Crippen molar-refractivity contribution in [1.82, 2.24) is 14.3 Å². The van der Waals surface area contributed by atoms with Gasteiger partial charge in [-0.2, -0.15) is 0 Å². The van der Waals surface area contributed by atoms with Gasteiger partial charge in [0.05, 0.1) is 23.6 Å². The van der Waals surface area contributed by atoms with Crippen molar-refractivity contribution in [3.05, 3.63) is 47.8 Å². The van der Waals surface area contributed by atoms with E-state index in [-0.39, 0.29) is 18.1 Å². The highest BCUT2D eigenvalue weighted by Gasteiger charge is 2.26. The number of aromatic nitrogens is 2. The highest BCUT2D eigenvalue weighted by atomic mass is 16.5. The predicted molar refractivity (Wildman–Crippen MR) is 122 cm³/mol. The zero-order chi connectivity index (χ0) is 21.7. The van der Waals surface area contributed by atoms with Crippen molar-refractivity contribution in [2.75, 3.05) is 30.3 Å². The van der Waals surface area contributed by atoms with Crippen molar-refractivity contribution in [3.8, 4) is 11.3 Å². The van der Waals surface area contributed by atoms with Gasteiger partial charge in [-0.1, -0.05) is 6.07 Å². The molecule has 0 spiro atoms. The first kappa shape index (κ1) is 20.0. The summed E-state index contributed by atoms with van der Waals surface area (Å²) < 4.78 is 8.04. The lowest BCUT2D eigenvalue weighted by molar-refractivity contribution is -0.116. The van der Waals surface area contributed by atoms with Crippen LogP contribution in [0.2, 0.25) is 0 Å². The second-order valence-corrected chi connectivity index (χ2v) is 8.81. The summed E-state index contributed by atoms with van der Waals surface area (Å²) >= 11 is 0. The van der Waals surface area contributed by atoms with Gasteiger partial charge in [0.15, 0.2) is 0 Å². The number of amides is 1. The fourth-order valence-electron chi connectivity index (χ4n) is 4.99. The van der Waals surface area contributed by atoms with Crippen molar-refractivity contribution in [1.29, 1.82) is 0 Å². The molecular formula is C24H29N5O2. The van der Waals surface area contributed by atoms with Crippen LogP contribution in [0.15, 0.2) is 36.5 Å². The molecule has 2 N–H and O–H groups in total. The Bertz CT molecular complexity index is 1140. The Balaban J connectivity index is 1.57. The third-order valence-electron chi connectivity index (χ3n) is 6.24. The molecule has 1 aromatic carbocycles. The van der Waals surface area contributed by atoms with Crippen LogP contribution in [-0.2, 0) is 22.5 Å². The molecule has 2 aromatic heterocycles. The van der Waals surface area contributed by atoms with E-state index in [2.05, 4.69) is 41.3 Å². The van der Waals surface area contributed by atoms with Gasteiger partial charge >= 0.3 is 0 Å². The maximum Gasteiger partial charge on any atom is 0.223 e. The Morgan fingerprint density at radius 2 is 1.97 bits per heavy atom. The molecule has 1 amide bonds. The van der Waals surface area contributed by atoms with Crippen LogP contribution in [0.1, 0.15) is 32.0 Å². The molecule has 2 atom stereocenters. The van der Waals surface area contributed by atoms with E-state index in [1.54, 1.807) is 6.92 Å². The number of fused-ring (bicyclic) bond motifs is 2. The molecule has 0 radical (unpaired) electrons. The van der Waals surface area contributed by atoms with E-state index in [1.165, 1.54) is 5.56 Å². The average molecular weight is 420 g/mol. The molecule has 31 heavy (non-hydrogen) atoms. The largest absolute Gasteiger partial charge is 0.398 e. The minimum Gasteiger partial charge on any atom is -0.398 e. The first-order valence-corrected chi connectivity index (χ1v) is 10.9. The molecule has 1 saturated heterocycles. The Morgan fingerprint density at radius 1 is 1.19 bits per heavy atom. The second kappa shape index (κ2) is 7.66. The fraction of sp³-hybridized carbons (Fsp3) is 0.417. The monoisotopic (exact) mass is 419 g/mol. The fourth-order valence-corrected chi connectivity index (χ4v) is 4.99.